The highest BCUT2D eigenvalue weighted by molar-refractivity contribution is 9.10. The van der Waals surface area contributed by atoms with Crippen LogP contribution in [0.1, 0.15) is 32.6 Å². The molecule has 0 saturated heterocycles. The maximum Gasteiger partial charge on any atom is 0.234 e. The van der Waals surface area contributed by atoms with Crippen molar-refractivity contribution in [3.8, 4) is 0 Å². The summed E-state index contributed by atoms with van der Waals surface area (Å²) in [5.74, 6) is 0.793. The molecule has 5 heteroatoms. The van der Waals surface area contributed by atoms with Gasteiger partial charge in [-0.25, -0.2) is 0 Å². The van der Waals surface area contributed by atoms with Crippen LogP contribution in [0.3, 0.4) is 0 Å². The van der Waals surface area contributed by atoms with Crippen molar-refractivity contribution in [1.29, 1.82) is 0 Å². The van der Waals surface area contributed by atoms with Crippen LogP contribution in [0.25, 0.3) is 0 Å². The minimum Gasteiger partial charge on any atom is -0.466 e. The van der Waals surface area contributed by atoms with E-state index in [4.69, 9.17) is 4.42 Å². The van der Waals surface area contributed by atoms with Crippen molar-refractivity contribution in [2.75, 3.05) is 6.54 Å². The Balaban J connectivity index is 2.39. The number of hydrogen-bond acceptors (Lipinski definition) is 3. The third-order valence-corrected chi connectivity index (χ3v) is 2.71. The summed E-state index contributed by atoms with van der Waals surface area (Å²) in [4.78, 5) is 11.4. The number of halogens is 1. The maximum absolute atomic E-state index is 11.4. The molecule has 16 heavy (non-hydrogen) atoms. The molecule has 0 aliphatic heterocycles. The zero-order valence-electron chi connectivity index (χ0n) is 9.71. The predicted molar refractivity (Wildman–Crippen MR) is 66.1 cm³/mol. The highest BCUT2D eigenvalue weighted by atomic mass is 79.9. The molecular weight excluding hydrogens is 272 g/mol. The summed E-state index contributed by atoms with van der Waals surface area (Å²) in [5.41, 5.74) is 0. The molecular formula is C11H17BrN2O2. The Morgan fingerprint density at radius 2 is 2.19 bits per heavy atom. The van der Waals surface area contributed by atoms with Gasteiger partial charge in [0.1, 0.15) is 5.76 Å². The first-order chi connectivity index (χ1) is 7.50. The molecule has 90 valence electrons. The molecule has 4 nitrogen and oxygen atoms in total. The summed E-state index contributed by atoms with van der Waals surface area (Å²) >= 11 is 3.38. The normalized spacial score (nSPS) is 12.8. The lowest BCUT2D eigenvalue weighted by atomic mass is 10.2. The minimum atomic E-state index is -0.00970. The van der Waals surface area contributed by atoms with Gasteiger partial charge < -0.3 is 9.73 Å². The van der Waals surface area contributed by atoms with Crippen LogP contribution in [-0.2, 0) is 4.79 Å². The Bertz CT molecular complexity index is 350. The van der Waals surface area contributed by atoms with Crippen LogP contribution in [0.2, 0.25) is 0 Å². The zero-order chi connectivity index (χ0) is 12.1. The molecule has 0 spiro atoms. The van der Waals surface area contributed by atoms with Crippen molar-refractivity contribution in [3.63, 3.8) is 0 Å². The standard InChI is InChI=1S/C11H17BrN2O2/c1-7(2)14-10(15)6-13-8(3)11-9(12)4-5-16-11/h4-5,7-8,13H,6H2,1-3H3,(H,14,15). The van der Waals surface area contributed by atoms with E-state index < -0.39 is 0 Å². The van der Waals surface area contributed by atoms with E-state index in [9.17, 15) is 4.79 Å². The highest BCUT2D eigenvalue weighted by Crippen LogP contribution is 2.23. The fraction of sp³-hybridized carbons (Fsp3) is 0.545. The third kappa shape index (κ3) is 3.98. The van der Waals surface area contributed by atoms with Crippen molar-refractivity contribution < 1.29 is 9.21 Å². The fourth-order valence-corrected chi connectivity index (χ4v) is 1.87. The average molecular weight is 289 g/mol. The molecule has 1 unspecified atom stereocenters. The topological polar surface area (TPSA) is 54.3 Å². The van der Waals surface area contributed by atoms with Gasteiger partial charge in [0.25, 0.3) is 0 Å². The molecule has 1 aromatic rings. The van der Waals surface area contributed by atoms with Gasteiger partial charge in [0.2, 0.25) is 5.91 Å². The molecule has 0 saturated carbocycles. The second-order valence-electron chi connectivity index (χ2n) is 3.96. The van der Waals surface area contributed by atoms with Gasteiger partial charge in [0, 0.05) is 6.04 Å². The van der Waals surface area contributed by atoms with E-state index in [2.05, 4.69) is 26.6 Å². The Kier molecular flexibility index (Phi) is 5.02. The van der Waals surface area contributed by atoms with E-state index in [1.165, 1.54) is 0 Å². The molecule has 1 rings (SSSR count). The van der Waals surface area contributed by atoms with Crippen LogP contribution >= 0.6 is 15.9 Å². The Morgan fingerprint density at radius 1 is 1.50 bits per heavy atom. The smallest absolute Gasteiger partial charge is 0.234 e. The van der Waals surface area contributed by atoms with Crippen molar-refractivity contribution in [2.24, 2.45) is 0 Å². The molecule has 0 fully saturated rings. The fourth-order valence-electron chi connectivity index (χ4n) is 1.33. The van der Waals surface area contributed by atoms with Crippen LogP contribution in [0.5, 0.6) is 0 Å². The summed E-state index contributed by atoms with van der Waals surface area (Å²) in [5, 5.41) is 5.91. The van der Waals surface area contributed by atoms with E-state index in [-0.39, 0.29) is 24.5 Å². The number of carbonyl (C=O) groups excluding carboxylic acids is 1. The first kappa shape index (κ1) is 13.3. The third-order valence-electron chi connectivity index (χ3n) is 2.06. The van der Waals surface area contributed by atoms with Gasteiger partial charge in [0.05, 0.1) is 23.3 Å². The number of furan rings is 1. The number of hydrogen-bond donors (Lipinski definition) is 2. The quantitative estimate of drug-likeness (QED) is 0.874. The number of rotatable bonds is 5. The van der Waals surface area contributed by atoms with Gasteiger partial charge >= 0.3 is 0 Å². The van der Waals surface area contributed by atoms with Gasteiger partial charge in [-0.3, -0.25) is 10.1 Å². The van der Waals surface area contributed by atoms with Crippen LogP contribution in [0, 0.1) is 0 Å². The van der Waals surface area contributed by atoms with Crippen molar-refractivity contribution in [2.45, 2.75) is 32.9 Å². The van der Waals surface area contributed by atoms with E-state index >= 15 is 0 Å². The van der Waals surface area contributed by atoms with Gasteiger partial charge in [-0.2, -0.15) is 0 Å². The predicted octanol–water partition coefficient (Wildman–Crippen LogP) is 2.22. The molecule has 0 aromatic carbocycles. The average Bonchev–Trinajstić information content (AvgIpc) is 2.60. The molecule has 1 aromatic heterocycles. The molecule has 0 bridgehead atoms. The minimum absolute atomic E-state index is 0.00212. The van der Waals surface area contributed by atoms with Crippen LogP contribution < -0.4 is 10.6 Å². The van der Waals surface area contributed by atoms with Crippen LogP contribution in [0.4, 0.5) is 0 Å². The van der Waals surface area contributed by atoms with Crippen molar-refractivity contribution >= 4 is 21.8 Å². The zero-order valence-corrected chi connectivity index (χ0v) is 11.3. The van der Waals surface area contributed by atoms with E-state index in [1.807, 2.05) is 26.8 Å². The highest BCUT2D eigenvalue weighted by Gasteiger charge is 2.13. The van der Waals surface area contributed by atoms with Crippen LogP contribution in [-0.4, -0.2) is 18.5 Å². The lowest BCUT2D eigenvalue weighted by molar-refractivity contribution is -0.120. The van der Waals surface area contributed by atoms with Gasteiger partial charge in [0.15, 0.2) is 0 Å². The van der Waals surface area contributed by atoms with E-state index in [1.54, 1.807) is 6.26 Å². The molecule has 1 amide bonds. The summed E-state index contributed by atoms with van der Waals surface area (Å²) in [7, 11) is 0. The summed E-state index contributed by atoms with van der Waals surface area (Å²) in [6, 6.07) is 2.00. The number of amides is 1. The summed E-state index contributed by atoms with van der Waals surface area (Å²) < 4.78 is 6.21. The Labute approximate surface area is 104 Å². The van der Waals surface area contributed by atoms with E-state index in [0.29, 0.717) is 0 Å². The second kappa shape index (κ2) is 6.06. The lowest BCUT2D eigenvalue weighted by Crippen LogP contribution is -2.38. The van der Waals surface area contributed by atoms with Crippen molar-refractivity contribution in [1.82, 2.24) is 10.6 Å². The SMILES string of the molecule is CC(C)NC(=O)CNC(C)c1occc1Br. The van der Waals surface area contributed by atoms with Gasteiger partial charge in [-0.1, -0.05) is 0 Å². The Hall–Kier alpha value is -0.810. The maximum atomic E-state index is 11.4. The van der Waals surface area contributed by atoms with Gasteiger partial charge in [-0.05, 0) is 42.8 Å². The molecule has 1 heterocycles. The first-order valence-electron chi connectivity index (χ1n) is 5.26. The number of nitrogens with one attached hydrogen (secondary N) is 2. The van der Waals surface area contributed by atoms with E-state index in [0.717, 1.165) is 10.2 Å². The molecule has 2 N–H and O–H groups in total. The monoisotopic (exact) mass is 288 g/mol. The van der Waals surface area contributed by atoms with Gasteiger partial charge in [-0.15, -0.1) is 0 Å². The van der Waals surface area contributed by atoms with Crippen molar-refractivity contribution in [3.05, 3.63) is 22.6 Å². The second-order valence-corrected chi connectivity index (χ2v) is 4.81. The molecule has 1 atom stereocenters. The first-order valence-corrected chi connectivity index (χ1v) is 6.05. The molecule has 0 aliphatic rings. The Morgan fingerprint density at radius 3 is 2.69 bits per heavy atom. The molecule has 0 aliphatic carbocycles. The lowest BCUT2D eigenvalue weighted by Gasteiger charge is -2.13. The molecule has 0 radical (unpaired) electrons. The summed E-state index contributed by atoms with van der Waals surface area (Å²) in [6.07, 6.45) is 1.62. The van der Waals surface area contributed by atoms with Crippen LogP contribution in [0.15, 0.2) is 21.2 Å². The summed E-state index contributed by atoms with van der Waals surface area (Å²) in [6.45, 7) is 6.10. The number of carbonyl (C=O) groups is 1. The largest absolute Gasteiger partial charge is 0.466 e.